The maximum absolute atomic E-state index is 12.9. The average molecular weight is 370 g/mol. The quantitative estimate of drug-likeness (QED) is 0.834. The molecule has 1 aromatic carbocycles. The standard InChI is InChI=1S/C21H30N4O2/c1-16(2)18-8-4-5-9-19(18)23-21(26)25-11-6-7-17(15-25)20-22-10-12-24(20)13-14-27-3/h4-5,8-10,12,16-17H,6-7,11,13-15H2,1-3H3,(H,23,26)/t17-/m1/s1. The highest BCUT2D eigenvalue weighted by Crippen LogP contribution is 2.28. The number of likely N-dealkylation sites (tertiary alicyclic amines) is 1. The lowest BCUT2D eigenvalue weighted by Crippen LogP contribution is -2.42. The van der Waals surface area contributed by atoms with E-state index in [1.54, 1.807) is 7.11 Å². The number of benzene rings is 1. The number of ether oxygens (including phenoxy) is 1. The summed E-state index contributed by atoms with van der Waals surface area (Å²) in [5.74, 6) is 1.67. The summed E-state index contributed by atoms with van der Waals surface area (Å²) in [5.41, 5.74) is 2.07. The van der Waals surface area contributed by atoms with Crippen LogP contribution in [0.5, 0.6) is 0 Å². The number of nitrogens with zero attached hydrogens (tertiary/aromatic N) is 3. The molecule has 2 amide bonds. The second kappa shape index (κ2) is 9.04. The molecule has 0 bridgehead atoms. The molecule has 2 aromatic rings. The van der Waals surface area contributed by atoms with Gasteiger partial charge in [0.15, 0.2) is 0 Å². The van der Waals surface area contributed by atoms with Gasteiger partial charge in [-0.1, -0.05) is 32.0 Å². The van der Waals surface area contributed by atoms with Crippen molar-refractivity contribution >= 4 is 11.7 Å². The molecule has 1 saturated heterocycles. The van der Waals surface area contributed by atoms with Gasteiger partial charge < -0.3 is 19.5 Å². The number of nitrogens with one attached hydrogen (secondary N) is 1. The van der Waals surface area contributed by atoms with E-state index in [4.69, 9.17) is 4.74 Å². The summed E-state index contributed by atoms with van der Waals surface area (Å²) in [7, 11) is 1.71. The van der Waals surface area contributed by atoms with Gasteiger partial charge in [0.25, 0.3) is 0 Å². The molecule has 1 aliphatic rings. The lowest BCUT2D eigenvalue weighted by atomic mass is 9.97. The summed E-state index contributed by atoms with van der Waals surface area (Å²) in [4.78, 5) is 19.4. The molecule has 146 valence electrons. The number of carbonyl (C=O) groups is 1. The third-order valence-electron chi connectivity index (χ3n) is 5.18. The number of amides is 2. The molecule has 2 heterocycles. The second-order valence-electron chi connectivity index (χ2n) is 7.43. The van der Waals surface area contributed by atoms with E-state index in [0.29, 0.717) is 19.1 Å². The van der Waals surface area contributed by atoms with Crippen LogP contribution in [-0.4, -0.2) is 47.3 Å². The molecule has 6 nitrogen and oxygen atoms in total. The zero-order chi connectivity index (χ0) is 19.2. The van der Waals surface area contributed by atoms with Crippen molar-refractivity contribution in [2.75, 3.05) is 32.1 Å². The number of hydrogen-bond acceptors (Lipinski definition) is 3. The molecular weight excluding hydrogens is 340 g/mol. The van der Waals surface area contributed by atoms with Crippen LogP contribution in [0.15, 0.2) is 36.7 Å². The molecule has 0 unspecified atom stereocenters. The van der Waals surface area contributed by atoms with Crippen LogP contribution in [0.2, 0.25) is 0 Å². The van der Waals surface area contributed by atoms with Gasteiger partial charge in [-0.15, -0.1) is 0 Å². The van der Waals surface area contributed by atoms with Crippen LogP contribution in [-0.2, 0) is 11.3 Å². The van der Waals surface area contributed by atoms with Crippen molar-refractivity contribution in [1.82, 2.24) is 14.5 Å². The molecule has 1 aliphatic heterocycles. The highest BCUT2D eigenvalue weighted by atomic mass is 16.5. The van der Waals surface area contributed by atoms with Crippen molar-refractivity contribution in [3.05, 3.63) is 48.0 Å². The summed E-state index contributed by atoms with van der Waals surface area (Å²) in [6.45, 7) is 7.21. The van der Waals surface area contributed by atoms with Crippen LogP contribution in [0.1, 0.15) is 49.9 Å². The van der Waals surface area contributed by atoms with Crippen LogP contribution in [0.4, 0.5) is 10.5 Å². The molecule has 0 spiro atoms. The normalized spacial score (nSPS) is 17.3. The summed E-state index contributed by atoms with van der Waals surface area (Å²) in [6.07, 6.45) is 5.87. The fourth-order valence-corrected chi connectivity index (χ4v) is 3.74. The Labute approximate surface area is 161 Å². The number of aromatic nitrogens is 2. The Balaban J connectivity index is 1.68. The van der Waals surface area contributed by atoms with E-state index in [9.17, 15) is 4.79 Å². The minimum absolute atomic E-state index is 0.0252. The van der Waals surface area contributed by atoms with Gasteiger partial charge in [-0.2, -0.15) is 0 Å². The monoisotopic (exact) mass is 370 g/mol. The zero-order valence-electron chi connectivity index (χ0n) is 16.5. The SMILES string of the molecule is COCCn1ccnc1[C@@H]1CCCN(C(=O)Nc2ccccc2C(C)C)C1. The number of hydrogen-bond donors (Lipinski definition) is 1. The molecule has 1 aromatic heterocycles. The maximum Gasteiger partial charge on any atom is 0.321 e. The summed E-state index contributed by atoms with van der Waals surface area (Å²) >= 11 is 0. The largest absolute Gasteiger partial charge is 0.383 e. The lowest BCUT2D eigenvalue weighted by molar-refractivity contribution is 0.179. The number of methoxy groups -OCH3 is 1. The van der Waals surface area contributed by atoms with E-state index in [2.05, 4.69) is 34.8 Å². The molecule has 0 aliphatic carbocycles. The fraction of sp³-hybridized carbons (Fsp3) is 0.524. The number of piperidine rings is 1. The molecule has 0 radical (unpaired) electrons. The Bertz CT molecular complexity index is 756. The summed E-state index contributed by atoms with van der Waals surface area (Å²) < 4.78 is 7.33. The third kappa shape index (κ3) is 4.69. The first-order valence-corrected chi connectivity index (χ1v) is 9.75. The van der Waals surface area contributed by atoms with E-state index in [0.717, 1.165) is 43.0 Å². The molecule has 1 atom stereocenters. The van der Waals surface area contributed by atoms with Crippen molar-refractivity contribution in [2.45, 2.75) is 45.1 Å². The summed E-state index contributed by atoms with van der Waals surface area (Å²) in [6, 6.07) is 8.01. The predicted molar refractivity (Wildman–Crippen MR) is 107 cm³/mol. The molecule has 6 heteroatoms. The van der Waals surface area contributed by atoms with E-state index < -0.39 is 0 Å². The number of imidazole rings is 1. The maximum atomic E-state index is 12.9. The van der Waals surface area contributed by atoms with Gasteiger partial charge in [-0.25, -0.2) is 9.78 Å². The lowest BCUT2D eigenvalue weighted by Gasteiger charge is -2.33. The Hall–Kier alpha value is -2.34. The van der Waals surface area contributed by atoms with E-state index in [-0.39, 0.29) is 11.9 Å². The number of carbonyl (C=O) groups excluding carboxylic acids is 1. The first-order valence-electron chi connectivity index (χ1n) is 9.75. The van der Waals surface area contributed by atoms with Gasteiger partial charge in [-0.3, -0.25) is 0 Å². The van der Waals surface area contributed by atoms with Crippen LogP contribution in [0.25, 0.3) is 0 Å². The molecule has 3 rings (SSSR count). The van der Waals surface area contributed by atoms with Crippen molar-refractivity contribution in [3.63, 3.8) is 0 Å². The Morgan fingerprint density at radius 1 is 1.37 bits per heavy atom. The van der Waals surface area contributed by atoms with Gasteiger partial charge in [0.2, 0.25) is 0 Å². The smallest absolute Gasteiger partial charge is 0.321 e. The number of para-hydroxylation sites is 1. The number of urea groups is 1. The van der Waals surface area contributed by atoms with Crippen molar-refractivity contribution in [2.24, 2.45) is 0 Å². The first kappa shape index (κ1) is 19.4. The Kier molecular flexibility index (Phi) is 6.50. The zero-order valence-corrected chi connectivity index (χ0v) is 16.5. The fourth-order valence-electron chi connectivity index (χ4n) is 3.74. The number of anilines is 1. The van der Waals surface area contributed by atoms with Crippen molar-refractivity contribution in [3.8, 4) is 0 Å². The highest BCUT2D eigenvalue weighted by Gasteiger charge is 2.27. The predicted octanol–water partition coefficient (Wildman–Crippen LogP) is 4.06. The van der Waals surface area contributed by atoms with Crippen LogP contribution in [0.3, 0.4) is 0 Å². The molecule has 0 saturated carbocycles. The molecule has 1 N–H and O–H groups in total. The molecule has 27 heavy (non-hydrogen) atoms. The van der Waals surface area contributed by atoms with Crippen LogP contribution < -0.4 is 5.32 Å². The minimum Gasteiger partial charge on any atom is -0.383 e. The van der Waals surface area contributed by atoms with Gasteiger partial charge in [-0.05, 0) is 30.4 Å². The molecule has 1 fully saturated rings. The topological polar surface area (TPSA) is 59.4 Å². The van der Waals surface area contributed by atoms with Gasteiger partial charge in [0.05, 0.1) is 6.61 Å². The summed E-state index contributed by atoms with van der Waals surface area (Å²) in [5, 5.41) is 3.12. The van der Waals surface area contributed by atoms with E-state index >= 15 is 0 Å². The minimum atomic E-state index is -0.0252. The van der Waals surface area contributed by atoms with Crippen LogP contribution in [0, 0.1) is 0 Å². The van der Waals surface area contributed by atoms with Crippen LogP contribution >= 0.6 is 0 Å². The van der Waals surface area contributed by atoms with E-state index in [1.165, 1.54) is 0 Å². The first-order chi connectivity index (χ1) is 13.1. The Morgan fingerprint density at radius 3 is 2.96 bits per heavy atom. The van der Waals surface area contributed by atoms with Gasteiger partial charge in [0, 0.05) is 50.7 Å². The second-order valence-corrected chi connectivity index (χ2v) is 7.43. The van der Waals surface area contributed by atoms with Gasteiger partial charge >= 0.3 is 6.03 Å². The highest BCUT2D eigenvalue weighted by molar-refractivity contribution is 5.90. The van der Waals surface area contributed by atoms with Gasteiger partial charge in [0.1, 0.15) is 5.82 Å². The third-order valence-corrected chi connectivity index (χ3v) is 5.18. The molecular formula is C21H30N4O2. The Morgan fingerprint density at radius 2 is 2.19 bits per heavy atom. The van der Waals surface area contributed by atoms with Crippen molar-refractivity contribution < 1.29 is 9.53 Å². The van der Waals surface area contributed by atoms with E-state index in [1.807, 2.05) is 35.5 Å². The number of rotatable bonds is 6. The average Bonchev–Trinajstić information content (AvgIpc) is 3.15. The van der Waals surface area contributed by atoms with Crippen molar-refractivity contribution in [1.29, 1.82) is 0 Å².